The van der Waals surface area contributed by atoms with Crippen LogP contribution in [0.4, 0.5) is 0 Å². The number of hydrogen-bond acceptors (Lipinski definition) is 7. The molecule has 5 aromatic rings. The fraction of sp³-hybridized carbons (Fsp3) is 0.0870. The van der Waals surface area contributed by atoms with E-state index in [1.165, 1.54) is 20.5 Å². The van der Waals surface area contributed by atoms with Crippen LogP contribution >= 0.6 is 11.3 Å². The van der Waals surface area contributed by atoms with Gasteiger partial charge in [-0.15, -0.1) is 16.4 Å². The number of para-hydroxylation sites is 1. The molecule has 8 nitrogen and oxygen atoms in total. The minimum Gasteiger partial charge on any atom is -0.497 e. The molecule has 0 unspecified atom stereocenters. The van der Waals surface area contributed by atoms with Gasteiger partial charge in [0.25, 0.3) is 11.3 Å². The minimum absolute atomic E-state index is 0.0924. The number of ketones is 1. The summed E-state index contributed by atoms with van der Waals surface area (Å²) < 4.78 is 8.00. The molecule has 3 heterocycles. The normalized spacial score (nSPS) is 11.0. The van der Waals surface area contributed by atoms with Gasteiger partial charge in [0.2, 0.25) is 11.6 Å². The van der Waals surface area contributed by atoms with Crippen LogP contribution in [-0.4, -0.2) is 37.3 Å². The molecule has 0 saturated carbocycles. The van der Waals surface area contributed by atoms with Gasteiger partial charge in [-0.3, -0.25) is 9.59 Å². The first-order chi connectivity index (χ1) is 15.6. The lowest BCUT2D eigenvalue weighted by Crippen LogP contribution is -2.21. The molecule has 0 radical (unpaired) electrons. The third-order valence-corrected chi connectivity index (χ3v) is 5.79. The molecule has 2 aromatic carbocycles. The van der Waals surface area contributed by atoms with Crippen LogP contribution in [0.2, 0.25) is 0 Å². The second kappa shape index (κ2) is 8.20. The van der Waals surface area contributed by atoms with E-state index in [-0.39, 0.29) is 29.5 Å². The van der Waals surface area contributed by atoms with Gasteiger partial charge in [-0.1, -0.05) is 36.4 Å². The van der Waals surface area contributed by atoms with Gasteiger partial charge in [-0.05, 0) is 41.3 Å². The minimum atomic E-state index is -0.465. The predicted octanol–water partition coefficient (Wildman–Crippen LogP) is 3.17. The Bertz CT molecular complexity index is 1460. The number of benzene rings is 2. The SMILES string of the molecule is COc1ccc(Cc2nn3c(C(=O)c4cccs4)nn(-c4ccccc4)c3nc2=O)cc1. The first-order valence-electron chi connectivity index (χ1n) is 9.79. The standard InChI is InChI=1S/C23H17N5O3S/c1-31-17-11-9-15(10-12-17)14-18-22(30)24-23-27(16-6-3-2-4-7-16)26-21(28(23)25-18)20(29)19-8-5-13-32-19/h2-13H,14H2,1H3. The summed E-state index contributed by atoms with van der Waals surface area (Å²) in [6.45, 7) is 0. The Morgan fingerprint density at radius 3 is 2.47 bits per heavy atom. The van der Waals surface area contributed by atoms with Gasteiger partial charge in [-0.2, -0.15) is 19.3 Å². The molecule has 0 saturated heterocycles. The Morgan fingerprint density at radius 2 is 1.78 bits per heavy atom. The van der Waals surface area contributed by atoms with Crippen LogP contribution in [0.3, 0.4) is 0 Å². The molecule has 0 amide bonds. The van der Waals surface area contributed by atoms with Crippen LogP contribution in [-0.2, 0) is 6.42 Å². The molecule has 5 rings (SSSR count). The van der Waals surface area contributed by atoms with Crippen LogP contribution in [0, 0.1) is 0 Å². The van der Waals surface area contributed by atoms with Gasteiger partial charge in [0.1, 0.15) is 11.4 Å². The number of hydrogen-bond donors (Lipinski definition) is 0. The first-order valence-corrected chi connectivity index (χ1v) is 10.7. The van der Waals surface area contributed by atoms with Gasteiger partial charge in [0.15, 0.2) is 0 Å². The number of aromatic nitrogens is 5. The third kappa shape index (κ3) is 3.58. The molecule has 158 valence electrons. The van der Waals surface area contributed by atoms with E-state index in [4.69, 9.17) is 4.74 Å². The summed E-state index contributed by atoms with van der Waals surface area (Å²) in [5.74, 6) is 0.711. The van der Waals surface area contributed by atoms with Crippen molar-refractivity contribution in [3.05, 3.63) is 104 Å². The van der Waals surface area contributed by atoms with E-state index in [2.05, 4.69) is 15.2 Å². The van der Waals surface area contributed by atoms with Crippen molar-refractivity contribution in [1.82, 2.24) is 24.4 Å². The Morgan fingerprint density at radius 1 is 1.00 bits per heavy atom. The Labute approximate surface area is 186 Å². The van der Waals surface area contributed by atoms with Crippen LogP contribution < -0.4 is 10.3 Å². The molecule has 0 bridgehead atoms. The molecule has 0 aliphatic heterocycles. The molecule has 0 aliphatic rings. The Balaban J connectivity index is 1.66. The zero-order valence-corrected chi connectivity index (χ0v) is 17.8. The average molecular weight is 443 g/mol. The van der Waals surface area contributed by atoms with Crippen molar-refractivity contribution < 1.29 is 9.53 Å². The van der Waals surface area contributed by atoms with Crippen LogP contribution in [0.15, 0.2) is 76.9 Å². The number of fused-ring (bicyclic) bond motifs is 1. The summed E-state index contributed by atoms with van der Waals surface area (Å²) in [5, 5.41) is 10.8. The summed E-state index contributed by atoms with van der Waals surface area (Å²) in [7, 11) is 1.59. The maximum atomic E-state index is 13.1. The van der Waals surface area contributed by atoms with Crippen molar-refractivity contribution >= 4 is 22.9 Å². The quantitative estimate of drug-likeness (QED) is 0.375. The topological polar surface area (TPSA) is 91.4 Å². The van der Waals surface area contributed by atoms with E-state index in [1.54, 1.807) is 19.2 Å². The lowest BCUT2D eigenvalue weighted by molar-refractivity contribution is 0.103. The fourth-order valence-corrected chi connectivity index (χ4v) is 3.98. The van der Waals surface area contributed by atoms with Crippen molar-refractivity contribution in [2.45, 2.75) is 6.42 Å². The van der Waals surface area contributed by atoms with E-state index in [0.29, 0.717) is 10.6 Å². The molecule has 0 atom stereocenters. The zero-order chi connectivity index (χ0) is 22.1. The van der Waals surface area contributed by atoms with Crippen molar-refractivity contribution in [2.24, 2.45) is 0 Å². The second-order valence-corrected chi connectivity index (χ2v) is 7.93. The zero-order valence-electron chi connectivity index (χ0n) is 17.0. The molecular formula is C23H17N5O3S. The molecule has 0 fully saturated rings. The van der Waals surface area contributed by atoms with Gasteiger partial charge < -0.3 is 4.74 Å². The predicted molar refractivity (Wildman–Crippen MR) is 120 cm³/mol. The highest BCUT2D eigenvalue weighted by Gasteiger charge is 2.23. The largest absolute Gasteiger partial charge is 0.497 e. The van der Waals surface area contributed by atoms with Crippen molar-refractivity contribution in [1.29, 1.82) is 0 Å². The number of rotatable bonds is 6. The number of carbonyl (C=O) groups is 1. The van der Waals surface area contributed by atoms with Crippen LogP contribution in [0.5, 0.6) is 5.75 Å². The Kier molecular flexibility index (Phi) is 5.08. The highest BCUT2D eigenvalue weighted by molar-refractivity contribution is 7.12. The van der Waals surface area contributed by atoms with E-state index in [9.17, 15) is 9.59 Å². The number of methoxy groups -OCH3 is 1. The lowest BCUT2D eigenvalue weighted by Gasteiger charge is -2.04. The number of carbonyl (C=O) groups excluding carboxylic acids is 1. The molecule has 9 heteroatoms. The fourth-order valence-electron chi connectivity index (χ4n) is 3.32. The molecule has 0 aliphatic carbocycles. The van der Waals surface area contributed by atoms with Crippen molar-refractivity contribution in [2.75, 3.05) is 7.11 Å². The highest BCUT2D eigenvalue weighted by atomic mass is 32.1. The molecule has 0 spiro atoms. The number of nitrogens with zero attached hydrogens (tertiary/aromatic N) is 5. The van der Waals surface area contributed by atoms with Crippen molar-refractivity contribution in [3.8, 4) is 11.4 Å². The Hall–Kier alpha value is -4.11. The highest BCUT2D eigenvalue weighted by Crippen LogP contribution is 2.18. The maximum absolute atomic E-state index is 13.1. The van der Waals surface area contributed by atoms with Gasteiger partial charge >= 0.3 is 0 Å². The van der Waals surface area contributed by atoms with E-state index in [1.807, 2.05) is 60.0 Å². The van der Waals surface area contributed by atoms with Crippen molar-refractivity contribution in [3.63, 3.8) is 0 Å². The van der Waals surface area contributed by atoms with Crippen LogP contribution in [0.25, 0.3) is 11.5 Å². The van der Waals surface area contributed by atoms with E-state index >= 15 is 0 Å². The van der Waals surface area contributed by atoms with E-state index in [0.717, 1.165) is 11.3 Å². The lowest BCUT2D eigenvalue weighted by atomic mass is 10.1. The third-order valence-electron chi connectivity index (χ3n) is 4.92. The van der Waals surface area contributed by atoms with Gasteiger partial charge in [-0.25, -0.2) is 0 Å². The number of ether oxygens (including phenoxy) is 1. The molecule has 3 aromatic heterocycles. The molecular weight excluding hydrogens is 426 g/mol. The summed E-state index contributed by atoms with van der Waals surface area (Å²) in [6, 6.07) is 20.1. The monoisotopic (exact) mass is 443 g/mol. The average Bonchev–Trinajstić information content (AvgIpc) is 3.49. The summed E-state index contributed by atoms with van der Waals surface area (Å²) in [4.78, 5) is 30.7. The summed E-state index contributed by atoms with van der Waals surface area (Å²) >= 11 is 1.32. The summed E-state index contributed by atoms with van der Waals surface area (Å²) in [5.41, 5.74) is 1.30. The van der Waals surface area contributed by atoms with Gasteiger partial charge in [0, 0.05) is 6.42 Å². The smallest absolute Gasteiger partial charge is 0.296 e. The van der Waals surface area contributed by atoms with Gasteiger partial charge in [0.05, 0.1) is 17.7 Å². The summed E-state index contributed by atoms with van der Waals surface area (Å²) in [6.07, 6.45) is 0.266. The van der Waals surface area contributed by atoms with Crippen LogP contribution in [0.1, 0.15) is 26.8 Å². The number of thiophene rings is 1. The molecule has 32 heavy (non-hydrogen) atoms. The maximum Gasteiger partial charge on any atom is 0.296 e. The van der Waals surface area contributed by atoms with E-state index < -0.39 is 5.56 Å². The first kappa shape index (κ1) is 19.8. The molecule has 0 N–H and O–H groups in total. The second-order valence-electron chi connectivity index (χ2n) is 6.98.